The zero-order chi connectivity index (χ0) is 44.3. The van der Waals surface area contributed by atoms with E-state index in [0.717, 1.165) is 44.9 Å². The SMILES string of the molecule is CCCCCCCC/C=C\CCCCCCCCCCCC(=O)NC(COP(=O)(O)OCC[N+](C)(C)C)C(O)/C=C/CC/C=C/CC/C=C/CCCCCCCCCCC. The second-order valence-corrected chi connectivity index (χ2v) is 19.6. The van der Waals surface area contributed by atoms with Crippen molar-refractivity contribution in [1.29, 1.82) is 0 Å². The molecule has 3 atom stereocenters. The van der Waals surface area contributed by atoms with Gasteiger partial charge in [-0.2, -0.15) is 0 Å². The van der Waals surface area contributed by atoms with Gasteiger partial charge in [-0.3, -0.25) is 13.8 Å². The average Bonchev–Trinajstić information content (AvgIpc) is 3.20. The standard InChI is InChI=1S/C51H97N2O6P/c1-6-8-10-12-14-16-18-20-22-24-26-28-30-32-34-36-38-40-42-44-50(54)49(48-59-60(56,57)58-47-46-53(3,4)5)52-51(55)45-43-41-39-37-35-33-31-29-27-25-23-21-19-17-15-13-11-9-7-2/h21,23,26,28,34,36,42,44,49-50,54H,6-20,22,24-25,27,29-33,35,37-41,43,45-48H2,1-5H3,(H-,52,55,56,57)/p+1/b23-21-,28-26+,36-34+,44-42+. The quantitative estimate of drug-likeness (QED) is 0.0244. The Labute approximate surface area is 371 Å². The molecule has 0 bridgehead atoms. The monoisotopic (exact) mass is 866 g/mol. The van der Waals surface area contributed by atoms with Crippen LogP contribution in [-0.2, 0) is 18.4 Å². The van der Waals surface area contributed by atoms with E-state index in [1.54, 1.807) is 6.08 Å². The van der Waals surface area contributed by atoms with E-state index in [1.165, 1.54) is 154 Å². The van der Waals surface area contributed by atoms with Gasteiger partial charge in [0.15, 0.2) is 0 Å². The third-order valence-electron chi connectivity index (χ3n) is 11.0. The summed E-state index contributed by atoms with van der Waals surface area (Å²) in [6, 6.07) is -0.870. The van der Waals surface area contributed by atoms with Crippen LogP contribution in [0.1, 0.15) is 219 Å². The number of phosphoric acid groups is 1. The van der Waals surface area contributed by atoms with Crippen LogP contribution in [0.2, 0.25) is 0 Å². The first-order valence-electron chi connectivity index (χ1n) is 25.0. The highest BCUT2D eigenvalue weighted by molar-refractivity contribution is 7.47. The molecule has 0 aliphatic carbocycles. The number of carbonyl (C=O) groups is 1. The molecule has 0 aromatic heterocycles. The Bertz CT molecular complexity index is 1120. The van der Waals surface area contributed by atoms with Crippen LogP contribution < -0.4 is 5.32 Å². The lowest BCUT2D eigenvalue weighted by atomic mass is 10.0. The number of aliphatic hydroxyl groups is 1. The first-order valence-corrected chi connectivity index (χ1v) is 26.5. The molecule has 0 aliphatic rings. The maximum Gasteiger partial charge on any atom is 0.472 e. The summed E-state index contributed by atoms with van der Waals surface area (Å²) in [4.78, 5) is 23.2. The number of carbonyl (C=O) groups excluding carboxylic acids is 1. The van der Waals surface area contributed by atoms with Gasteiger partial charge in [0.2, 0.25) is 5.91 Å². The second kappa shape index (κ2) is 42.7. The highest BCUT2D eigenvalue weighted by atomic mass is 31.2. The van der Waals surface area contributed by atoms with E-state index in [-0.39, 0.29) is 19.1 Å². The third kappa shape index (κ3) is 44.5. The Morgan fingerprint density at radius 2 is 0.917 bits per heavy atom. The van der Waals surface area contributed by atoms with Gasteiger partial charge >= 0.3 is 7.82 Å². The van der Waals surface area contributed by atoms with Gasteiger partial charge < -0.3 is 19.8 Å². The minimum Gasteiger partial charge on any atom is -0.387 e. The maximum atomic E-state index is 12.9. The van der Waals surface area contributed by atoms with Crippen LogP contribution in [0.15, 0.2) is 48.6 Å². The molecule has 3 N–H and O–H groups in total. The smallest absolute Gasteiger partial charge is 0.387 e. The normalized spacial score (nSPS) is 14.6. The molecule has 8 nitrogen and oxygen atoms in total. The number of likely N-dealkylation sites (N-methyl/N-ethyl adjacent to an activating group) is 1. The average molecular weight is 866 g/mol. The molecular formula is C51H98N2O6P+. The fourth-order valence-electron chi connectivity index (χ4n) is 7.01. The van der Waals surface area contributed by atoms with Crippen molar-refractivity contribution in [2.24, 2.45) is 0 Å². The Morgan fingerprint density at radius 1 is 0.550 bits per heavy atom. The summed E-state index contributed by atoms with van der Waals surface area (Å²) in [5.74, 6) is -0.194. The predicted molar refractivity (Wildman–Crippen MR) is 258 cm³/mol. The fourth-order valence-corrected chi connectivity index (χ4v) is 7.74. The van der Waals surface area contributed by atoms with Crippen LogP contribution in [0, 0.1) is 0 Å². The molecule has 352 valence electrons. The van der Waals surface area contributed by atoms with Gasteiger partial charge in [-0.1, -0.05) is 191 Å². The van der Waals surface area contributed by atoms with Crippen LogP contribution in [0.3, 0.4) is 0 Å². The zero-order valence-electron chi connectivity index (χ0n) is 39.9. The Morgan fingerprint density at radius 3 is 1.33 bits per heavy atom. The second-order valence-electron chi connectivity index (χ2n) is 18.2. The van der Waals surface area contributed by atoms with E-state index in [1.807, 2.05) is 27.2 Å². The first kappa shape index (κ1) is 58.5. The number of amides is 1. The number of quaternary nitrogens is 1. The molecule has 1 amide bonds. The van der Waals surface area contributed by atoms with Gasteiger partial charge in [0.1, 0.15) is 13.2 Å². The van der Waals surface area contributed by atoms with E-state index < -0.39 is 20.0 Å². The number of aliphatic hydroxyl groups excluding tert-OH is 1. The van der Waals surface area contributed by atoms with E-state index in [0.29, 0.717) is 17.4 Å². The van der Waals surface area contributed by atoms with E-state index in [2.05, 4.69) is 55.6 Å². The molecule has 0 rings (SSSR count). The van der Waals surface area contributed by atoms with Crippen molar-refractivity contribution in [3.8, 4) is 0 Å². The molecule has 0 aromatic carbocycles. The number of nitrogens with one attached hydrogen (secondary N) is 1. The van der Waals surface area contributed by atoms with E-state index in [9.17, 15) is 19.4 Å². The van der Waals surface area contributed by atoms with Crippen LogP contribution in [-0.4, -0.2) is 73.4 Å². The summed E-state index contributed by atoms with van der Waals surface area (Å²) >= 11 is 0. The Hall–Kier alpha value is -1.54. The number of phosphoric ester groups is 1. The molecule has 0 heterocycles. The van der Waals surface area contributed by atoms with Crippen LogP contribution in [0.25, 0.3) is 0 Å². The van der Waals surface area contributed by atoms with Crippen molar-refractivity contribution in [2.45, 2.75) is 231 Å². The molecular weight excluding hydrogens is 768 g/mol. The topological polar surface area (TPSA) is 105 Å². The number of unbranched alkanes of at least 4 members (excludes halogenated alkanes) is 26. The van der Waals surface area contributed by atoms with Crippen molar-refractivity contribution in [3.05, 3.63) is 48.6 Å². The number of hydrogen-bond acceptors (Lipinski definition) is 5. The zero-order valence-corrected chi connectivity index (χ0v) is 40.8. The van der Waals surface area contributed by atoms with Crippen LogP contribution in [0.4, 0.5) is 0 Å². The summed E-state index contributed by atoms with van der Waals surface area (Å²) in [5, 5.41) is 13.8. The Kier molecular flexibility index (Phi) is 41.6. The highest BCUT2D eigenvalue weighted by Gasteiger charge is 2.27. The molecule has 0 aromatic rings. The fraction of sp³-hybridized carbons (Fsp3) is 0.824. The molecule has 0 spiro atoms. The summed E-state index contributed by atoms with van der Waals surface area (Å²) in [6.07, 6.45) is 54.7. The number of allylic oxidation sites excluding steroid dienone is 7. The lowest BCUT2D eigenvalue weighted by Gasteiger charge is -2.25. The lowest BCUT2D eigenvalue weighted by Crippen LogP contribution is -2.45. The highest BCUT2D eigenvalue weighted by Crippen LogP contribution is 2.43. The van der Waals surface area contributed by atoms with Crippen LogP contribution >= 0.6 is 7.82 Å². The molecule has 0 saturated carbocycles. The third-order valence-corrected chi connectivity index (χ3v) is 12.0. The van der Waals surface area contributed by atoms with Gasteiger partial charge in [-0.05, 0) is 70.6 Å². The van der Waals surface area contributed by atoms with E-state index in [4.69, 9.17) is 9.05 Å². The number of rotatable bonds is 45. The van der Waals surface area contributed by atoms with Crippen LogP contribution in [0.5, 0.6) is 0 Å². The Balaban J connectivity index is 4.42. The lowest BCUT2D eigenvalue weighted by molar-refractivity contribution is -0.870. The van der Waals surface area contributed by atoms with Crippen molar-refractivity contribution in [2.75, 3.05) is 40.9 Å². The summed E-state index contributed by atoms with van der Waals surface area (Å²) in [7, 11) is 1.54. The summed E-state index contributed by atoms with van der Waals surface area (Å²) in [5.41, 5.74) is 0. The predicted octanol–water partition coefficient (Wildman–Crippen LogP) is 14.4. The number of hydrogen-bond donors (Lipinski definition) is 3. The first-order chi connectivity index (χ1) is 29.0. The molecule has 0 saturated heterocycles. The van der Waals surface area contributed by atoms with Gasteiger partial charge in [0.05, 0.1) is 39.9 Å². The molecule has 9 heteroatoms. The van der Waals surface area contributed by atoms with Crippen molar-refractivity contribution >= 4 is 13.7 Å². The molecule has 0 radical (unpaired) electrons. The molecule has 3 unspecified atom stereocenters. The summed E-state index contributed by atoms with van der Waals surface area (Å²) in [6.45, 7) is 4.78. The minimum atomic E-state index is -4.35. The largest absolute Gasteiger partial charge is 0.472 e. The van der Waals surface area contributed by atoms with Gasteiger partial charge in [-0.25, -0.2) is 4.57 Å². The van der Waals surface area contributed by atoms with Crippen molar-refractivity contribution in [1.82, 2.24) is 5.32 Å². The molecule has 60 heavy (non-hydrogen) atoms. The van der Waals surface area contributed by atoms with Gasteiger partial charge in [0, 0.05) is 6.42 Å². The summed E-state index contributed by atoms with van der Waals surface area (Å²) < 4.78 is 23.6. The van der Waals surface area contributed by atoms with Crippen molar-refractivity contribution < 1.29 is 32.9 Å². The molecule has 0 fully saturated rings. The van der Waals surface area contributed by atoms with E-state index >= 15 is 0 Å². The van der Waals surface area contributed by atoms with Gasteiger partial charge in [0.25, 0.3) is 0 Å². The molecule has 0 aliphatic heterocycles. The minimum absolute atomic E-state index is 0.0525. The number of nitrogens with zero attached hydrogens (tertiary/aromatic N) is 1. The van der Waals surface area contributed by atoms with Gasteiger partial charge in [-0.15, -0.1) is 0 Å². The van der Waals surface area contributed by atoms with Crippen molar-refractivity contribution in [3.63, 3.8) is 0 Å². The maximum absolute atomic E-state index is 12.9.